The third-order valence-electron chi connectivity index (χ3n) is 13.1. The van der Waals surface area contributed by atoms with E-state index in [0.29, 0.717) is 12.8 Å². The highest BCUT2D eigenvalue weighted by Gasteiger charge is 2.43. The quantitative estimate of drug-likeness (QED) is 0.0813. The Bertz CT molecular complexity index is 1770. The van der Waals surface area contributed by atoms with Gasteiger partial charge in [0.2, 0.25) is 59.1 Å². The molecule has 0 bridgehead atoms. The summed E-state index contributed by atoms with van der Waals surface area (Å²) in [6, 6.07) is -12.8. The maximum absolute atomic E-state index is 14.1. The number of amides is 10. The van der Waals surface area contributed by atoms with Gasteiger partial charge in [0, 0.05) is 13.1 Å². The standard InChI is InChI=1S/C48H84N12O12/c1-25(2)21-31-41(65)55-33(23-61)47(71)59-19-11-15-35(59)43(67)58-38(28(7)8)46(70)52-30(14-10-18-50)40(64)54-32(22-26(3)4)42(66)56-34(24-62)48(72)60-20-12-16-36(60)44(68)57-37(27(5)6)45(69)51-29(13-9-17-49)39(63)53-31/h25-38,61-62H,9-24,49-50H2,1-8H3,(H,51,69)(H,52,70)(H,53,63)(H,54,64)(H,55,65)(H,56,66)(H,57,68)(H,58,67). The molecule has 0 aromatic heterocycles. The van der Waals surface area contributed by atoms with Crippen LogP contribution in [0.15, 0.2) is 0 Å². The monoisotopic (exact) mass is 1020 g/mol. The lowest BCUT2D eigenvalue weighted by Crippen LogP contribution is -2.62. The maximum atomic E-state index is 14.1. The lowest BCUT2D eigenvalue weighted by atomic mass is 9.99. The van der Waals surface area contributed by atoms with Crippen molar-refractivity contribution in [3.8, 4) is 0 Å². The fourth-order valence-corrected chi connectivity index (χ4v) is 9.15. The Morgan fingerprint density at radius 1 is 0.444 bits per heavy atom. The Morgan fingerprint density at radius 2 is 0.750 bits per heavy atom. The van der Waals surface area contributed by atoms with Crippen LogP contribution in [0.25, 0.3) is 0 Å². The van der Waals surface area contributed by atoms with Gasteiger partial charge in [0.25, 0.3) is 0 Å². The molecule has 0 aromatic rings. The van der Waals surface area contributed by atoms with Gasteiger partial charge in [-0.25, -0.2) is 0 Å². The molecule has 0 aliphatic carbocycles. The topological polar surface area (TPSA) is 366 Å². The van der Waals surface area contributed by atoms with Gasteiger partial charge in [0.15, 0.2) is 0 Å². The zero-order valence-corrected chi connectivity index (χ0v) is 43.4. The van der Waals surface area contributed by atoms with E-state index >= 15 is 0 Å². The Balaban J connectivity index is 2.12. The molecule has 0 radical (unpaired) electrons. The molecule has 3 heterocycles. The van der Waals surface area contributed by atoms with Crippen LogP contribution in [0.2, 0.25) is 0 Å². The van der Waals surface area contributed by atoms with Gasteiger partial charge >= 0.3 is 0 Å². The van der Waals surface area contributed by atoms with Crippen LogP contribution in [0, 0.1) is 23.7 Å². The molecule has 10 atom stereocenters. The van der Waals surface area contributed by atoms with Crippen molar-refractivity contribution in [2.24, 2.45) is 35.1 Å². The second-order valence-corrected chi connectivity index (χ2v) is 20.7. The lowest BCUT2D eigenvalue weighted by molar-refractivity contribution is -0.144. The number of aliphatic hydroxyl groups excluding tert-OH is 2. The first-order chi connectivity index (χ1) is 34.0. The summed E-state index contributed by atoms with van der Waals surface area (Å²) in [5.41, 5.74) is 11.6. The largest absolute Gasteiger partial charge is 0.394 e. The molecule has 3 aliphatic heterocycles. The second kappa shape index (κ2) is 29.3. The summed E-state index contributed by atoms with van der Waals surface area (Å²) in [6.45, 7) is 12.6. The normalized spacial score (nSPS) is 28.7. The van der Waals surface area contributed by atoms with Gasteiger partial charge in [0.1, 0.15) is 60.4 Å². The molecule has 0 spiro atoms. The summed E-state index contributed by atoms with van der Waals surface area (Å²) in [5, 5.41) is 42.3. The highest BCUT2D eigenvalue weighted by Crippen LogP contribution is 2.22. The van der Waals surface area contributed by atoms with E-state index in [-0.39, 0.29) is 89.4 Å². The van der Waals surface area contributed by atoms with Crippen molar-refractivity contribution in [1.29, 1.82) is 0 Å². The summed E-state index contributed by atoms with van der Waals surface area (Å²) >= 11 is 0. The van der Waals surface area contributed by atoms with Gasteiger partial charge in [-0.3, -0.25) is 47.9 Å². The highest BCUT2D eigenvalue weighted by atomic mass is 16.3. The molecule has 10 unspecified atom stereocenters. The summed E-state index contributed by atoms with van der Waals surface area (Å²) < 4.78 is 0. The molecular formula is C48H84N12O12. The predicted octanol–water partition coefficient (Wildman–Crippen LogP) is -3.27. The van der Waals surface area contributed by atoms with Crippen LogP contribution in [0.1, 0.15) is 120 Å². The van der Waals surface area contributed by atoms with Crippen molar-refractivity contribution in [1.82, 2.24) is 52.3 Å². The van der Waals surface area contributed by atoms with Crippen LogP contribution in [0.3, 0.4) is 0 Å². The van der Waals surface area contributed by atoms with E-state index in [0.717, 1.165) is 0 Å². The van der Waals surface area contributed by atoms with Crippen LogP contribution in [-0.2, 0) is 47.9 Å². The number of hydrogen-bond acceptors (Lipinski definition) is 14. The van der Waals surface area contributed by atoms with E-state index in [2.05, 4.69) is 42.5 Å². The molecule has 0 aromatic carbocycles. The van der Waals surface area contributed by atoms with Crippen molar-refractivity contribution >= 4 is 59.1 Å². The van der Waals surface area contributed by atoms with Crippen LogP contribution >= 0.6 is 0 Å². The molecule has 3 fully saturated rings. The van der Waals surface area contributed by atoms with Crippen LogP contribution in [0.5, 0.6) is 0 Å². The van der Waals surface area contributed by atoms with E-state index in [1.54, 1.807) is 55.4 Å². The fraction of sp³-hybridized carbons (Fsp3) is 0.792. The van der Waals surface area contributed by atoms with Gasteiger partial charge in [-0.2, -0.15) is 0 Å². The van der Waals surface area contributed by atoms with Crippen molar-refractivity contribution in [3.05, 3.63) is 0 Å². The van der Waals surface area contributed by atoms with Crippen molar-refractivity contribution < 1.29 is 58.2 Å². The summed E-state index contributed by atoms with van der Waals surface area (Å²) in [6.07, 6.45) is 1.87. The van der Waals surface area contributed by atoms with Crippen molar-refractivity contribution in [3.63, 3.8) is 0 Å². The highest BCUT2D eigenvalue weighted by molar-refractivity contribution is 6.00. The number of carbonyl (C=O) groups excluding carboxylic acids is 10. The number of nitrogens with zero attached hydrogens (tertiary/aromatic N) is 2. The number of nitrogens with one attached hydrogen (secondary N) is 8. The minimum Gasteiger partial charge on any atom is -0.394 e. The lowest BCUT2D eigenvalue weighted by Gasteiger charge is -2.32. The Hall–Kier alpha value is -5.46. The van der Waals surface area contributed by atoms with E-state index in [1.807, 2.05) is 0 Å². The minimum absolute atomic E-state index is 0.0358. The first-order valence-electron chi connectivity index (χ1n) is 25.7. The molecule has 0 saturated carbocycles. The van der Waals surface area contributed by atoms with Gasteiger partial charge in [-0.05, 0) is 101 Å². The van der Waals surface area contributed by atoms with Crippen LogP contribution < -0.4 is 54.0 Å². The number of hydrogen-bond donors (Lipinski definition) is 12. The van der Waals surface area contributed by atoms with E-state index in [4.69, 9.17) is 11.5 Å². The van der Waals surface area contributed by atoms with Gasteiger partial charge < -0.3 is 74.0 Å². The molecule has 24 heteroatoms. The average Bonchev–Trinajstić information content (AvgIpc) is 4.03. The SMILES string of the molecule is CC(C)CC1NC(=O)C(CCCN)NC(=O)C(C(C)C)NC(=O)C2CCCN2C(=O)C(CO)NC(=O)C(CC(C)C)NC(=O)C(CCCN)NC(=O)C(C(C)C)NC(=O)C2CCCN2C(=O)C(CO)NC1=O. The Kier molecular flexibility index (Phi) is 24.8. The van der Waals surface area contributed by atoms with Crippen molar-refractivity contribution in [2.75, 3.05) is 39.4 Å². The Morgan fingerprint density at radius 3 is 1.04 bits per heavy atom. The summed E-state index contributed by atoms with van der Waals surface area (Å²) in [4.78, 5) is 143. The molecule has 72 heavy (non-hydrogen) atoms. The van der Waals surface area contributed by atoms with E-state index in [9.17, 15) is 58.2 Å². The van der Waals surface area contributed by atoms with Gasteiger partial charge in [-0.1, -0.05) is 55.4 Å². The minimum atomic E-state index is -1.55. The third kappa shape index (κ3) is 17.4. The molecule has 14 N–H and O–H groups in total. The van der Waals surface area contributed by atoms with E-state index in [1.165, 1.54) is 9.80 Å². The zero-order chi connectivity index (χ0) is 54.0. The smallest absolute Gasteiger partial charge is 0.248 e. The fourth-order valence-electron chi connectivity index (χ4n) is 9.15. The number of nitrogens with two attached hydrogens (primary N) is 2. The molecule has 3 saturated heterocycles. The zero-order valence-electron chi connectivity index (χ0n) is 43.4. The van der Waals surface area contributed by atoms with Crippen LogP contribution in [-0.4, -0.2) is 179 Å². The predicted molar refractivity (Wildman–Crippen MR) is 264 cm³/mol. The first kappa shape index (κ1) is 60.8. The second-order valence-electron chi connectivity index (χ2n) is 20.7. The van der Waals surface area contributed by atoms with Gasteiger partial charge in [0.05, 0.1) is 13.2 Å². The molecule has 3 rings (SSSR count). The molecule has 24 nitrogen and oxygen atoms in total. The number of aliphatic hydroxyl groups is 2. The number of rotatable bonds is 14. The number of fused-ring (bicyclic) bond motifs is 2. The van der Waals surface area contributed by atoms with Gasteiger partial charge in [-0.15, -0.1) is 0 Å². The van der Waals surface area contributed by atoms with Crippen LogP contribution in [0.4, 0.5) is 0 Å². The summed E-state index contributed by atoms with van der Waals surface area (Å²) in [5.74, 6) is -9.06. The third-order valence-corrected chi connectivity index (χ3v) is 13.1. The molecule has 10 amide bonds. The van der Waals surface area contributed by atoms with E-state index < -0.39 is 145 Å². The van der Waals surface area contributed by atoms with Crippen molar-refractivity contribution in [2.45, 2.75) is 180 Å². The number of carbonyl (C=O) groups is 10. The Labute approximate surface area is 423 Å². The maximum Gasteiger partial charge on any atom is 0.248 e. The molecular weight excluding hydrogens is 937 g/mol. The summed E-state index contributed by atoms with van der Waals surface area (Å²) in [7, 11) is 0. The average molecular weight is 1020 g/mol. The molecule has 3 aliphatic rings. The molecule has 408 valence electrons. The first-order valence-corrected chi connectivity index (χ1v) is 25.7.